The second-order valence-corrected chi connectivity index (χ2v) is 12.1. The Hall–Kier alpha value is -3.92. The monoisotopic (exact) mass is 583 g/mol. The first-order valence-corrected chi connectivity index (χ1v) is 14.9. The minimum Gasteiger partial charge on any atom is -0.497 e. The van der Waals surface area contributed by atoms with Crippen LogP contribution in [0.15, 0.2) is 77.7 Å². The van der Waals surface area contributed by atoms with Crippen molar-refractivity contribution in [2.24, 2.45) is 5.92 Å². The average molecular weight is 584 g/mol. The van der Waals surface area contributed by atoms with Gasteiger partial charge in [0.15, 0.2) is 0 Å². The number of sulfonamides is 1. The number of rotatable bonds is 13. The average Bonchev–Trinajstić information content (AvgIpc) is 2.95. The van der Waals surface area contributed by atoms with Gasteiger partial charge in [0.1, 0.15) is 24.2 Å². The van der Waals surface area contributed by atoms with Crippen LogP contribution in [0, 0.1) is 18.7 Å². The van der Waals surface area contributed by atoms with E-state index in [0.29, 0.717) is 24.3 Å². The van der Waals surface area contributed by atoms with Crippen LogP contribution in [0.3, 0.4) is 0 Å². The molecule has 3 rings (SSSR count). The Morgan fingerprint density at radius 1 is 0.951 bits per heavy atom. The molecule has 0 spiro atoms. The molecule has 220 valence electrons. The van der Waals surface area contributed by atoms with E-state index in [9.17, 15) is 22.4 Å². The Labute approximate surface area is 242 Å². The lowest BCUT2D eigenvalue weighted by atomic mass is 10.1. The largest absolute Gasteiger partial charge is 0.497 e. The number of nitrogens with zero attached hydrogens (tertiary/aromatic N) is 2. The molecule has 0 heterocycles. The highest BCUT2D eigenvalue weighted by molar-refractivity contribution is 7.92. The quantitative estimate of drug-likeness (QED) is 0.308. The summed E-state index contributed by atoms with van der Waals surface area (Å²) in [5.41, 5.74) is 1.76. The number of carbonyl (C=O) groups is 2. The van der Waals surface area contributed by atoms with Crippen molar-refractivity contribution >= 4 is 27.5 Å². The van der Waals surface area contributed by atoms with E-state index in [0.717, 1.165) is 9.87 Å². The summed E-state index contributed by atoms with van der Waals surface area (Å²) in [4.78, 5) is 28.7. The molecule has 0 radical (unpaired) electrons. The van der Waals surface area contributed by atoms with Gasteiger partial charge in [-0.1, -0.05) is 50.6 Å². The maximum atomic E-state index is 14.0. The van der Waals surface area contributed by atoms with E-state index in [-0.39, 0.29) is 29.0 Å². The van der Waals surface area contributed by atoms with Crippen molar-refractivity contribution in [2.75, 3.05) is 24.5 Å². The molecule has 3 aromatic carbocycles. The summed E-state index contributed by atoms with van der Waals surface area (Å²) in [5, 5.41) is 2.88. The summed E-state index contributed by atoms with van der Waals surface area (Å²) >= 11 is 0. The zero-order valence-corrected chi connectivity index (χ0v) is 24.9. The molecule has 0 aliphatic heterocycles. The molecule has 0 aliphatic carbocycles. The van der Waals surface area contributed by atoms with Crippen LogP contribution in [0.2, 0.25) is 0 Å². The fourth-order valence-corrected chi connectivity index (χ4v) is 5.66. The molecule has 0 bridgehead atoms. The number of amides is 2. The van der Waals surface area contributed by atoms with Gasteiger partial charge in [-0.15, -0.1) is 0 Å². The van der Waals surface area contributed by atoms with Crippen LogP contribution < -0.4 is 14.4 Å². The fourth-order valence-electron chi connectivity index (χ4n) is 4.24. The SMILES string of the molecule is CC[C@@H](C(=O)NCC(C)C)N(Cc1ccc(F)cc1)C(=O)CN(c1ccc(OC)cc1)S(=O)(=O)c1ccc(C)cc1. The van der Waals surface area contributed by atoms with Crippen LogP contribution in [0.25, 0.3) is 0 Å². The van der Waals surface area contributed by atoms with Gasteiger partial charge in [-0.2, -0.15) is 0 Å². The van der Waals surface area contributed by atoms with Crippen molar-refractivity contribution in [2.45, 2.75) is 51.6 Å². The molecule has 2 amide bonds. The molecule has 0 fully saturated rings. The fraction of sp³-hybridized carbons (Fsp3) is 0.355. The molecule has 41 heavy (non-hydrogen) atoms. The smallest absolute Gasteiger partial charge is 0.264 e. The van der Waals surface area contributed by atoms with Gasteiger partial charge in [-0.3, -0.25) is 13.9 Å². The van der Waals surface area contributed by atoms with Gasteiger partial charge in [-0.05, 0) is 73.4 Å². The molecule has 3 aromatic rings. The van der Waals surface area contributed by atoms with Crippen LogP contribution in [-0.2, 0) is 26.2 Å². The lowest BCUT2D eigenvalue weighted by Crippen LogP contribution is -2.52. The first-order chi connectivity index (χ1) is 19.5. The Kier molecular flexibility index (Phi) is 10.9. The Balaban J connectivity index is 2.04. The van der Waals surface area contributed by atoms with E-state index in [1.807, 2.05) is 20.8 Å². The molecule has 8 nitrogen and oxygen atoms in total. The predicted octanol–water partition coefficient (Wildman–Crippen LogP) is 4.92. The van der Waals surface area contributed by atoms with Crippen molar-refractivity contribution in [3.63, 3.8) is 0 Å². The lowest BCUT2D eigenvalue weighted by molar-refractivity contribution is -0.140. The van der Waals surface area contributed by atoms with Gasteiger partial charge in [0.25, 0.3) is 10.0 Å². The van der Waals surface area contributed by atoms with Gasteiger partial charge in [0.05, 0.1) is 17.7 Å². The van der Waals surface area contributed by atoms with Crippen molar-refractivity contribution in [3.05, 3.63) is 89.7 Å². The Morgan fingerprint density at radius 2 is 1.56 bits per heavy atom. The molecule has 0 saturated carbocycles. The third-order valence-corrected chi connectivity index (χ3v) is 8.37. The van der Waals surface area contributed by atoms with Crippen molar-refractivity contribution in [1.29, 1.82) is 0 Å². The third kappa shape index (κ3) is 8.29. The molecule has 10 heteroatoms. The number of ether oxygens (including phenoxy) is 1. The molecule has 1 atom stereocenters. The number of carbonyl (C=O) groups excluding carboxylic acids is 2. The normalized spacial score (nSPS) is 12.1. The number of hydrogen-bond donors (Lipinski definition) is 1. The predicted molar refractivity (Wildman–Crippen MR) is 158 cm³/mol. The van der Waals surface area contributed by atoms with Crippen LogP contribution in [0.4, 0.5) is 10.1 Å². The number of aryl methyl sites for hydroxylation is 1. The van der Waals surface area contributed by atoms with E-state index >= 15 is 0 Å². The summed E-state index contributed by atoms with van der Waals surface area (Å²) in [5.74, 6) is -0.619. The number of nitrogens with one attached hydrogen (secondary N) is 1. The maximum Gasteiger partial charge on any atom is 0.264 e. The minimum atomic E-state index is -4.18. The van der Waals surface area contributed by atoms with Gasteiger partial charge in [0, 0.05) is 13.1 Å². The van der Waals surface area contributed by atoms with Crippen molar-refractivity contribution in [3.8, 4) is 5.75 Å². The zero-order chi connectivity index (χ0) is 30.2. The second-order valence-electron chi connectivity index (χ2n) is 10.2. The highest BCUT2D eigenvalue weighted by Crippen LogP contribution is 2.27. The summed E-state index contributed by atoms with van der Waals surface area (Å²) in [6, 6.07) is 17.5. The molecule has 0 unspecified atom stereocenters. The Morgan fingerprint density at radius 3 is 2.10 bits per heavy atom. The topological polar surface area (TPSA) is 96.0 Å². The van der Waals surface area contributed by atoms with Crippen molar-refractivity contribution in [1.82, 2.24) is 10.2 Å². The number of benzene rings is 3. The van der Waals surface area contributed by atoms with E-state index in [1.165, 1.54) is 36.3 Å². The molecule has 0 aromatic heterocycles. The number of halogens is 1. The minimum absolute atomic E-state index is 0.00620. The van der Waals surface area contributed by atoms with E-state index < -0.39 is 34.3 Å². The zero-order valence-electron chi connectivity index (χ0n) is 24.1. The van der Waals surface area contributed by atoms with Gasteiger partial charge in [0.2, 0.25) is 11.8 Å². The summed E-state index contributed by atoms with van der Waals surface area (Å²) in [7, 11) is -2.67. The van der Waals surface area contributed by atoms with Crippen molar-refractivity contribution < 1.29 is 27.1 Å². The first kappa shape index (κ1) is 31.6. The Bertz CT molecular complexity index is 1410. The van der Waals surface area contributed by atoms with Gasteiger partial charge >= 0.3 is 0 Å². The number of hydrogen-bond acceptors (Lipinski definition) is 5. The second kappa shape index (κ2) is 14.1. The molecule has 0 saturated heterocycles. The van der Waals surface area contributed by atoms with E-state index in [1.54, 1.807) is 55.5 Å². The molecule has 0 aliphatic rings. The van der Waals surface area contributed by atoms with Crippen LogP contribution in [0.5, 0.6) is 5.75 Å². The van der Waals surface area contributed by atoms with E-state index in [4.69, 9.17) is 4.74 Å². The van der Waals surface area contributed by atoms with Crippen LogP contribution >= 0.6 is 0 Å². The summed E-state index contributed by atoms with van der Waals surface area (Å²) in [6.45, 7) is 7.42. The van der Waals surface area contributed by atoms with Gasteiger partial charge < -0.3 is 15.0 Å². The highest BCUT2D eigenvalue weighted by Gasteiger charge is 2.33. The van der Waals surface area contributed by atoms with Crippen LogP contribution in [0.1, 0.15) is 38.3 Å². The molecule has 1 N–H and O–H groups in total. The van der Waals surface area contributed by atoms with Gasteiger partial charge in [-0.25, -0.2) is 12.8 Å². The first-order valence-electron chi connectivity index (χ1n) is 13.5. The third-order valence-electron chi connectivity index (χ3n) is 6.58. The van der Waals surface area contributed by atoms with Crippen LogP contribution in [-0.4, -0.2) is 51.4 Å². The standard InChI is InChI=1S/C31H38FN3O5S/c1-6-29(31(37)33-19-22(2)3)34(20-24-9-11-25(32)12-10-24)30(36)21-35(26-13-15-27(40-5)16-14-26)41(38,39)28-17-7-23(4)8-18-28/h7-18,22,29H,6,19-21H2,1-5H3,(H,33,37)/t29-/m0/s1. The molecular weight excluding hydrogens is 545 g/mol. The van der Waals surface area contributed by atoms with E-state index in [2.05, 4.69) is 5.32 Å². The maximum absolute atomic E-state index is 14.0. The number of anilines is 1. The highest BCUT2D eigenvalue weighted by atomic mass is 32.2. The number of methoxy groups -OCH3 is 1. The summed E-state index contributed by atoms with van der Waals surface area (Å²) < 4.78 is 47.7. The lowest BCUT2D eigenvalue weighted by Gasteiger charge is -2.33. The summed E-state index contributed by atoms with van der Waals surface area (Å²) in [6.07, 6.45) is 0.296. The molecular formula is C31H38FN3O5S.